The van der Waals surface area contributed by atoms with Crippen molar-refractivity contribution in [3.8, 4) is 5.75 Å². The molecule has 0 amide bonds. The normalized spacial score (nSPS) is 15.4. The van der Waals surface area contributed by atoms with E-state index in [-0.39, 0.29) is 0 Å². The molecule has 3 rings (SSSR count). The molecule has 2 N–H and O–H groups in total. The third kappa shape index (κ3) is 1.12. The van der Waals surface area contributed by atoms with Gasteiger partial charge in [0.1, 0.15) is 5.75 Å². The van der Waals surface area contributed by atoms with Crippen molar-refractivity contribution in [2.75, 3.05) is 6.54 Å². The Morgan fingerprint density at radius 1 is 1.38 bits per heavy atom. The van der Waals surface area contributed by atoms with Crippen LogP contribution in [0.3, 0.4) is 0 Å². The van der Waals surface area contributed by atoms with Gasteiger partial charge in [-0.2, -0.15) is 0 Å². The monoisotopic (exact) mass is 216 g/mol. The molecule has 2 heterocycles. The Bertz CT molecular complexity index is 569. The van der Waals surface area contributed by atoms with E-state index >= 15 is 0 Å². The molecule has 16 heavy (non-hydrogen) atoms. The average molecular weight is 216 g/mol. The molecule has 1 aliphatic heterocycles. The summed E-state index contributed by atoms with van der Waals surface area (Å²) in [5.74, 6) is 0.404. The van der Waals surface area contributed by atoms with E-state index in [0.717, 1.165) is 24.9 Å². The molecule has 84 valence electrons. The molecule has 0 bridgehead atoms. The number of fused-ring (bicyclic) bond motifs is 3. The van der Waals surface area contributed by atoms with Crippen LogP contribution in [-0.2, 0) is 20.0 Å². The lowest BCUT2D eigenvalue weighted by Crippen LogP contribution is -2.24. The van der Waals surface area contributed by atoms with Crippen LogP contribution in [0.1, 0.15) is 16.8 Å². The Morgan fingerprint density at radius 3 is 3.00 bits per heavy atom. The topological polar surface area (TPSA) is 37.2 Å². The molecule has 0 spiro atoms. The van der Waals surface area contributed by atoms with Crippen LogP contribution in [0.15, 0.2) is 12.1 Å². The van der Waals surface area contributed by atoms with Crippen molar-refractivity contribution in [1.29, 1.82) is 0 Å². The van der Waals surface area contributed by atoms with Gasteiger partial charge >= 0.3 is 0 Å². The highest BCUT2D eigenvalue weighted by Crippen LogP contribution is 2.35. The van der Waals surface area contributed by atoms with Gasteiger partial charge in [-0.25, -0.2) is 0 Å². The molecule has 1 aromatic heterocycles. The average Bonchev–Trinajstić information content (AvgIpc) is 2.60. The van der Waals surface area contributed by atoms with Crippen molar-refractivity contribution in [2.24, 2.45) is 7.05 Å². The van der Waals surface area contributed by atoms with Crippen molar-refractivity contribution in [2.45, 2.75) is 19.9 Å². The molecule has 0 atom stereocenters. The molecule has 0 saturated heterocycles. The van der Waals surface area contributed by atoms with Gasteiger partial charge < -0.3 is 15.0 Å². The van der Waals surface area contributed by atoms with Crippen LogP contribution in [0.25, 0.3) is 10.9 Å². The highest BCUT2D eigenvalue weighted by atomic mass is 16.3. The molecule has 3 heteroatoms. The summed E-state index contributed by atoms with van der Waals surface area (Å²) in [6.45, 7) is 3.99. The van der Waals surface area contributed by atoms with Crippen LogP contribution >= 0.6 is 0 Å². The van der Waals surface area contributed by atoms with E-state index in [2.05, 4.69) is 23.9 Å². The van der Waals surface area contributed by atoms with E-state index in [1.165, 1.54) is 22.3 Å². The van der Waals surface area contributed by atoms with Crippen LogP contribution < -0.4 is 5.32 Å². The number of phenolic OH excluding ortho intramolecular Hbond substituents is 1. The number of aryl methyl sites for hydroxylation is 2. The fraction of sp³-hybridized carbons (Fsp3) is 0.385. The Hall–Kier alpha value is -1.48. The minimum atomic E-state index is 0.404. The van der Waals surface area contributed by atoms with Gasteiger partial charge in [-0.1, -0.05) is 6.07 Å². The minimum absolute atomic E-state index is 0.404. The molecule has 0 aliphatic carbocycles. The van der Waals surface area contributed by atoms with Gasteiger partial charge in [0.15, 0.2) is 0 Å². The summed E-state index contributed by atoms with van der Waals surface area (Å²) in [5.41, 5.74) is 5.03. The second-order valence-electron chi connectivity index (χ2n) is 4.54. The number of aromatic hydroxyl groups is 1. The van der Waals surface area contributed by atoms with E-state index in [1.54, 1.807) is 6.07 Å². The molecule has 1 aliphatic rings. The molecule has 0 saturated carbocycles. The molecular weight excluding hydrogens is 200 g/mol. The predicted octanol–water partition coefficient (Wildman–Crippen LogP) is 1.84. The van der Waals surface area contributed by atoms with Gasteiger partial charge in [-0.15, -0.1) is 0 Å². The molecule has 2 aromatic rings. The first kappa shape index (κ1) is 9.73. The van der Waals surface area contributed by atoms with Gasteiger partial charge in [0.2, 0.25) is 0 Å². The van der Waals surface area contributed by atoms with Crippen molar-refractivity contribution in [1.82, 2.24) is 9.88 Å². The summed E-state index contributed by atoms with van der Waals surface area (Å²) in [7, 11) is 2.10. The van der Waals surface area contributed by atoms with Crippen molar-refractivity contribution >= 4 is 10.9 Å². The summed E-state index contributed by atoms with van der Waals surface area (Å²) in [6.07, 6.45) is 1.04. The smallest absolute Gasteiger partial charge is 0.125 e. The van der Waals surface area contributed by atoms with Crippen LogP contribution in [0, 0.1) is 6.92 Å². The predicted molar refractivity (Wildman–Crippen MR) is 64.7 cm³/mol. The SMILES string of the molecule is Cc1ccc(O)c2c3c(n(C)c12)CCNC3. The highest BCUT2D eigenvalue weighted by Gasteiger charge is 2.20. The maximum atomic E-state index is 10.0. The zero-order chi connectivity index (χ0) is 11.3. The van der Waals surface area contributed by atoms with Crippen LogP contribution in [0.4, 0.5) is 0 Å². The third-order valence-corrected chi connectivity index (χ3v) is 3.59. The number of hydrogen-bond donors (Lipinski definition) is 2. The number of nitrogens with one attached hydrogen (secondary N) is 1. The van der Waals surface area contributed by atoms with Crippen LogP contribution in [0.2, 0.25) is 0 Å². The lowest BCUT2D eigenvalue weighted by molar-refractivity contribution is 0.481. The molecule has 0 unspecified atom stereocenters. The highest BCUT2D eigenvalue weighted by molar-refractivity contribution is 5.93. The first-order valence-corrected chi connectivity index (χ1v) is 5.69. The van der Waals surface area contributed by atoms with Gasteiger partial charge in [0.25, 0.3) is 0 Å². The maximum Gasteiger partial charge on any atom is 0.125 e. The Labute approximate surface area is 94.7 Å². The molecular formula is C13H16N2O. The standard InChI is InChI=1S/C13H16N2O/c1-8-3-4-11(16)12-9-7-14-6-5-10(9)15(2)13(8)12/h3-4,14,16H,5-7H2,1-2H3. The summed E-state index contributed by atoms with van der Waals surface area (Å²) >= 11 is 0. The minimum Gasteiger partial charge on any atom is -0.507 e. The first-order valence-electron chi connectivity index (χ1n) is 5.69. The summed E-state index contributed by atoms with van der Waals surface area (Å²) in [6, 6.07) is 3.78. The van der Waals surface area contributed by atoms with Gasteiger partial charge in [0.05, 0.1) is 5.52 Å². The third-order valence-electron chi connectivity index (χ3n) is 3.59. The molecule has 1 aromatic carbocycles. The quantitative estimate of drug-likeness (QED) is 0.705. The first-order chi connectivity index (χ1) is 7.70. The number of phenols is 1. The van der Waals surface area contributed by atoms with E-state index in [9.17, 15) is 5.11 Å². The molecule has 0 fully saturated rings. The van der Waals surface area contributed by atoms with Crippen molar-refractivity contribution in [3.63, 3.8) is 0 Å². The van der Waals surface area contributed by atoms with E-state index in [4.69, 9.17) is 0 Å². The Morgan fingerprint density at radius 2 is 2.19 bits per heavy atom. The largest absolute Gasteiger partial charge is 0.507 e. The zero-order valence-corrected chi connectivity index (χ0v) is 9.67. The fourth-order valence-corrected chi connectivity index (χ4v) is 2.83. The number of aromatic nitrogens is 1. The number of hydrogen-bond acceptors (Lipinski definition) is 2. The van der Waals surface area contributed by atoms with Gasteiger partial charge in [-0.05, 0) is 24.1 Å². The second kappa shape index (κ2) is 3.25. The number of rotatable bonds is 0. The number of nitrogens with zero attached hydrogens (tertiary/aromatic N) is 1. The number of benzene rings is 1. The van der Waals surface area contributed by atoms with Gasteiger partial charge in [0, 0.05) is 37.6 Å². The summed E-state index contributed by atoms with van der Waals surface area (Å²) in [4.78, 5) is 0. The van der Waals surface area contributed by atoms with E-state index < -0.39 is 0 Å². The van der Waals surface area contributed by atoms with Crippen molar-refractivity contribution in [3.05, 3.63) is 29.0 Å². The fourth-order valence-electron chi connectivity index (χ4n) is 2.83. The second-order valence-corrected chi connectivity index (χ2v) is 4.54. The van der Waals surface area contributed by atoms with Crippen LogP contribution in [0.5, 0.6) is 5.75 Å². The Balaban J connectivity index is 2.48. The molecule has 0 radical (unpaired) electrons. The molecule has 3 nitrogen and oxygen atoms in total. The van der Waals surface area contributed by atoms with Crippen molar-refractivity contribution < 1.29 is 5.11 Å². The lowest BCUT2D eigenvalue weighted by Gasteiger charge is -2.14. The lowest BCUT2D eigenvalue weighted by atomic mass is 10.0. The van der Waals surface area contributed by atoms with E-state index in [0.29, 0.717) is 5.75 Å². The van der Waals surface area contributed by atoms with Crippen LogP contribution in [-0.4, -0.2) is 16.2 Å². The van der Waals surface area contributed by atoms with E-state index in [1.807, 2.05) is 6.07 Å². The summed E-state index contributed by atoms with van der Waals surface area (Å²) < 4.78 is 2.24. The zero-order valence-electron chi connectivity index (χ0n) is 9.67. The Kier molecular flexibility index (Phi) is 1.98. The van der Waals surface area contributed by atoms with Gasteiger partial charge in [-0.3, -0.25) is 0 Å². The maximum absolute atomic E-state index is 10.0. The summed E-state index contributed by atoms with van der Waals surface area (Å²) in [5, 5.41) is 14.4.